The Morgan fingerprint density at radius 3 is 2.23 bits per heavy atom. The molecular weight excluding hydrogens is 304 g/mol. The molecule has 0 aliphatic heterocycles. The Kier molecular flexibility index (Phi) is 6.41. The SMILES string of the molecule is CC(=O)Nc1cccc(NC(C(=O)O)c2ccccc2)c1.Cl. The molecule has 0 fully saturated rings. The maximum atomic E-state index is 11.4. The van der Waals surface area contributed by atoms with Gasteiger partial charge in [-0.15, -0.1) is 12.4 Å². The van der Waals surface area contributed by atoms with Crippen molar-refractivity contribution < 1.29 is 14.7 Å². The van der Waals surface area contributed by atoms with E-state index in [2.05, 4.69) is 10.6 Å². The van der Waals surface area contributed by atoms with E-state index in [1.165, 1.54) is 6.92 Å². The summed E-state index contributed by atoms with van der Waals surface area (Å²) in [6.45, 7) is 1.42. The van der Waals surface area contributed by atoms with Gasteiger partial charge in [-0.05, 0) is 23.8 Å². The van der Waals surface area contributed by atoms with Gasteiger partial charge >= 0.3 is 5.97 Å². The number of aliphatic carboxylic acids is 1. The second-order valence-electron chi connectivity index (χ2n) is 4.59. The lowest BCUT2D eigenvalue weighted by atomic mass is 10.1. The van der Waals surface area contributed by atoms with Crippen LogP contribution in [0.1, 0.15) is 18.5 Å². The molecule has 1 amide bonds. The van der Waals surface area contributed by atoms with Crippen molar-refractivity contribution in [1.29, 1.82) is 0 Å². The quantitative estimate of drug-likeness (QED) is 0.789. The normalized spacial score (nSPS) is 11.0. The van der Waals surface area contributed by atoms with E-state index < -0.39 is 12.0 Å². The van der Waals surface area contributed by atoms with Crippen molar-refractivity contribution in [2.75, 3.05) is 10.6 Å². The molecule has 2 rings (SSSR count). The van der Waals surface area contributed by atoms with Crippen LogP contribution in [0.5, 0.6) is 0 Å². The van der Waals surface area contributed by atoms with Crippen LogP contribution in [0.4, 0.5) is 11.4 Å². The summed E-state index contributed by atoms with van der Waals surface area (Å²) in [5, 5.41) is 15.0. The maximum absolute atomic E-state index is 11.4. The van der Waals surface area contributed by atoms with Crippen molar-refractivity contribution >= 4 is 35.7 Å². The van der Waals surface area contributed by atoms with Gasteiger partial charge in [0.2, 0.25) is 5.91 Å². The van der Waals surface area contributed by atoms with Crippen LogP contribution in [0.2, 0.25) is 0 Å². The predicted octanol–water partition coefficient (Wildman–Crippen LogP) is 3.30. The Bertz CT molecular complexity index is 647. The van der Waals surface area contributed by atoms with Crippen LogP contribution in [0.15, 0.2) is 54.6 Å². The van der Waals surface area contributed by atoms with E-state index in [9.17, 15) is 14.7 Å². The molecule has 0 aromatic heterocycles. The second kappa shape index (κ2) is 8.05. The van der Waals surface area contributed by atoms with Crippen molar-refractivity contribution in [3.8, 4) is 0 Å². The van der Waals surface area contributed by atoms with Gasteiger partial charge in [0.1, 0.15) is 0 Å². The van der Waals surface area contributed by atoms with Gasteiger partial charge in [-0.25, -0.2) is 4.79 Å². The predicted molar refractivity (Wildman–Crippen MR) is 88.4 cm³/mol. The van der Waals surface area contributed by atoms with Gasteiger partial charge in [-0.2, -0.15) is 0 Å². The molecule has 2 aromatic carbocycles. The maximum Gasteiger partial charge on any atom is 0.330 e. The molecule has 22 heavy (non-hydrogen) atoms. The van der Waals surface area contributed by atoms with Crippen molar-refractivity contribution in [2.24, 2.45) is 0 Å². The number of carbonyl (C=O) groups is 2. The number of carbonyl (C=O) groups excluding carboxylic acids is 1. The van der Waals surface area contributed by atoms with Crippen LogP contribution in [0, 0.1) is 0 Å². The van der Waals surface area contributed by atoms with Crippen LogP contribution < -0.4 is 10.6 Å². The number of hydrogen-bond acceptors (Lipinski definition) is 3. The van der Waals surface area contributed by atoms with Gasteiger partial charge < -0.3 is 15.7 Å². The number of nitrogens with one attached hydrogen (secondary N) is 2. The third-order valence-corrected chi connectivity index (χ3v) is 2.87. The largest absolute Gasteiger partial charge is 0.479 e. The molecule has 3 N–H and O–H groups in total. The summed E-state index contributed by atoms with van der Waals surface area (Å²) in [7, 11) is 0. The molecule has 1 atom stereocenters. The fraction of sp³-hybridized carbons (Fsp3) is 0.125. The van der Waals surface area contributed by atoms with Crippen LogP contribution in [0.25, 0.3) is 0 Å². The summed E-state index contributed by atoms with van der Waals surface area (Å²) in [4.78, 5) is 22.5. The monoisotopic (exact) mass is 320 g/mol. The van der Waals surface area contributed by atoms with E-state index in [1.54, 1.807) is 48.5 Å². The van der Waals surface area contributed by atoms with Crippen LogP contribution in [0.3, 0.4) is 0 Å². The van der Waals surface area contributed by atoms with Crippen LogP contribution in [-0.4, -0.2) is 17.0 Å². The highest BCUT2D eigenvalue weighted by Gasteiger charge is 2.19. The highest BCUT2D eigenvalue weighted by molar-refractivity contribution is 5.89. The van der Waals surface area contributed by atoms with Gasteiger partial charge in [0.25, 0.3) is 0 Å². The van der Waals surface area contributed by atoms with Crippen molar-refractivity contribution in [3.05, 3.63) is 60.2 Å². The molecule has 0 aliphatic carbocycles. The van der Waals surface area contributed by atoms with E-state index >= 15 is 0 Å². The molecule has 0 bridgehead atoms. The third kappa shape index (κ3) is 4.79. The Hall–Kier alpha value is -2.53. The fourth-order valence-corrected chi connectivity index (χ4v) is 1.99. The minimum absolute atomic E-state index is 0. The molecule has 6 heteroatoms. The standard InChI is InChI=1S/C16H16N2O3.ClH/c1-11(19)17-13-8-5-9-14(10-13)18-15(16(20)21)12-6-3-2-4-7-12;/h2-10,15,18H,1H3,(H,17,19)(H,20,21);1H. The van der Waals surface area contributed by atoms with Crippen molar-refractivity contribution in [3.63, 3.8) is 0 Å². The molecule has 0 heterocycles. The molecule has 5 nitrogen and oxygen atoms in total. The molecule has 0 spiro atoms. The molecular formula is C16H17ClN2O3. The number of hydrogen-bond donors (Lipinski definition) is 3. The Balaban J connectivity index is 0.00000242. The smallest absolute Gasteiger partial charge is 0.330 e. The van der Waals surface area contributed by atoms with Crippen molar-refractivity contribution in [2.45, 2.75) is 13.0 Å². The van der Waals surface area contributed by atoms with Crippen molar-refractivity contribution in [1.82, 2.24) is 0 Å². The van der Waals surface area contributed by atoms with Crippen LogP contribution >= 0.6 is 12.4 Å². The summed E-state index contributed by atoms with van der Waals surface area (Å²) >= 11 is 0. The number of rotatable bonds is 5. The van der Waals surface area contributed by atoms with E-state index in [-0.39, 0.29) is 18.3 Å². The zero-order valence-electron chi connectivity index (χ0n) is 11.9. The second-order valence-corrected chi connectivity index (χ2v) is 4.59. The highest BCUT2D eigenvalue weighted by Crippen LogP contribution is 2.22. The zero-order valence-corrected chi connectivity index (χ0v) is 12.8. The topological polar surface area (TPSA) is 78.4 Å². The summed E-state index contributed by atoms with van der Waals surface area (Å²) in [5.41, 5.74) is 1.90. The van der Waals surface area contributed by atoms with E-state index in [1.807, 2.05) is 6.07 Å². The number of carboxylic acids is 1. The van der Waals surface area contributed by atoms with E-state index in [0.29, 0.717) is 16.9 Å². The minimum atomic E-state index is -0.967. The minimum Gasteiger partial charge on any atom is -0.479 e. The van der Waals surface area contributed by atoms with Gasteiger partial charge in [-0.1, -0.05) is 36.4 Å². The molecule has 0 saturated carbocycles. The first-order valence-electron chi connectivity index (χ1n) is 6.48. The number of carboxylic acid groups (broad SMARTS) is 1. The Morgan fingerprint density at radius 2 is 1.64 bits per heavy atom. The highest BCUT2D eigenvalue weighted by atomic mass is 35.5. The zero-order chi connectivity index (χ0) is 15.2. The molecule has 116 valence electrons. The first-order valence-corrected chi connectivity index (χ1v) is 6.48. The molecule has 0 radical (unpaired) electrons. The molecule has 2 aromatic rings. The summed E-state index contributed by atoms with van der Waals surface area (Å²) in [6.07, 6.45) is 0. The van der Waals surface area contributed by atoms with E-state index in [4.69, 9.17) is 0 Å². The number of halogens is 1. The number of anilines is 2. The Morgan fingerprint density at radius 1 is 1.00 bits per heavy atom. The van der Waals surface area contributed by atoms with Crippen LogP contribution in [-0.2, 0) is 9.59 Å². The fourth-order valence-electron chi connectivity index (χ4n) is 1.99. The molecule has 1 unspecified atom stereocenters. The average Bonchev–Trinajstić information content (AvgIpc) is 2.45. The molecule has 0 saturated heterocycles. The summed E-state index contributed by atoms with van der Waals surface area (Å²) < 4.78 is 0. The lowest BCUT2D eigenvalue weighted by molar-refractivity contribution is -0.138. The van der Waals surface area contributed by atoms with Gasteiger partial charge in [0.05, 0.1) is 0 Å². The summed E-state index contributed by atoms with van der Waals surface area (Å²) in [6, 6.07) is 15.0. The first-order chi connectivity index (χ1) is 10.1. The molecule has 0 aliphatic rings. The average molecular weight is 321 g/mol. The van der Waals surface area contributed by atoms with E-state index in [0.717, 1.165) is 0 Å². The van der Waals surface area contributed by atoms with Gasteiger partial charge in [-0.3, -0.25) is 4.79 Å². The number of benzene rings is 2. The third-order valence-electron chi connectivity index (χ3n) is 2.87. The number of amides is 1. The van der Waals surface area contributed by atoms with Gasteiger partial charge in [0.15, 0.2) is 6.04 Å². The lowest BCUT2D eigenvalue weighted by Crippen LogP contribution is -2.20. The first kappa shape index (κ1) is 17.5. The Labute approximate surface area is 134 Å². The lowest BCUT2D eigenvalue weighted by Gasteiger charge is -2.16. The van der Waals surface area contributed by atoms with Gasteiger partial charge in [0, 0.05) is 18.3 Å². The summed E-state index contributed by atoms with van der Waals surface area (Å²) in [5.74, 6) is -1.14.